The first-order valence-electron chi connectivity index (χ1n) is 10.2. The standard InChI is InChI=1S/C21H20F6N2O5S2/c1-19(2,36(33,34)15-6-4-5-12(7-15)20(22,23)24)14-9-17(30)29(11-14)18-16(35(3,31)32)8-13(10-28-18)21(25,26)27/h4-8,10,14H,9,11H2,1-3H3/t14-/m1/s1. The zero-order chi connectivity index (χ0) is 27.5. The molecule has 0 radical (unpaired) electrons. The van der Waals surface area contributed by atoms with E-state index in [1.165, 1.54) is 13.8 Å². The van der Waals surface area contributed by atoms with E-state index < -0.39 is 88.3 Å². The van der Waals surface area contributed by atoms with Gasteiger partial charge in [0.2, 0.25) is 5.91 Å². The van der Waals surface area contributed by atoms with Crippen molar-refractivity contribution in [2.75, 3.05) is 17.7 Å². The van der Waals surface area contributed by atoms with Crippen molar-refractivity contribution in [3.05, 3.63) is 47.7 Å². The number of halogens is 6. The Bertz CT molecular complexity index is 1420. The Morgan fingerprint density at radius 2 is 1.53 bits per heavy atom. The third-order valence-corrected chi connectivity index (χ3v) is 9.78. The van der Waals surface area contributed by atoms with Gasteiger partial charge < -0.3 is 0 Å². The molecule has 1 atom stereocenters. The number of benzene rings is 1. The molecule has 2 aromatic rings. The number of aromatic nitrogens is 1. The van der Waals surface area contributed by atoms with Crippen LogP contribution in [0.3, 0.4) is 0 Å². The summed E-state index contributed by atoms with van der Waals surface area (Å²) in [5.74, 6) is -2.45. The summed E-state index contributed by atoms with van der Waals surface area (Å²) in [6, 6.07) is 3.44. The molecule has 0 N–H and O–H groups in total. The average molecular weight is 559 g/mol. The first kappa shape index (κ1) is 27.9. The molecule has 1 aromatic heterocycles. The largest absolute Gasteiger partial charge is 0.417 e. The summed E-state index contributed by atoms with van der Waals surface area (Å²) in [4.78, 5) is 15.6. The maximum absolute atomic E-state index is 13.3. The van der Waals surface area contributed by atoms with E-state index in [4.69, 9.17) is 0 Å². The monoisotopic (exact) mass is 558 g/mol. The minimum atomic E-state index is -4.91. The highest BCUT2D eigenvalue weighted by atomic mass is 32.2. The molecule has 1 fully saturated rings. The first-order chi connectivity index (χ1) is 16.2. The van der Waals surface area contributed by atoms with E-state index in [0.717, 1.165) is 17.0 Å². The molecule has 1 aromatic carbocycles. The predicted molar refractivity (Wildman–Crippen MR) is 116 cm³/mol. The van der Waals surface area contributed by atoms with E-state index >= 15 is 0 Å². The number of rotatable bonds is 5. The number of hydrogen-bond donors (Lipinski definition) is 0. The average Bonchev–Trinajstić information content (AvgIpc) is 3.13. The van der Waals surface area contributed by atoms with Crippen LogP contribution in [0.4, 0.5) is 32.2 Å². The molecular weight excluding hydrogens is 538 g/mol. The highest BCUT2D eigenvalue weighted by Crippen LogP contribution is 2.42. The van der Waals surface area contributed by atoms with Crippen LogP contribution in [-0.4, -0.2) is 45.3 Å². The smallest absolute Gasteiger partial charge is 0.295 e. The lowest BCUT2D eigenvalue weighted by molar-refractivity contribution is -0.138. The Balaban J connectivity index is 2.02. The van der Waals surface area contributed by atoms with Gasteiger partial charge in [0.15, 0.2) is 25.5 Å². The summed E-state index contributed by atoms with van der Waals surface area (Å²) < 4.78 is 128. The van der Waals surface area contributed by atoms with Gasteiger partial charge in [-0.15, -0.1) is 0 Å². The summed E-state index contributed by atoms with van der Waals surface area (Å²) in [6.45, 7) is 1.98. The molecule has 3 rings (SSSR count). The molecule has 2 heterocycles. The SMILES string of the molecule is CC(C)([C@@H]1CC(=O)N(c2ncc(C(F)(F)F)cc2S(C)(=O)=O)C1)S(=O)(=O)c1cccc(C(F)(F)F)c1. The molecule has 0 spiro atoms. The Morgan fingerprint density at radius 3 is 2.06 bits per heavy atom. The van der Waals surface area contributed by atoms with Crippen molar-refractivity contribution < 1.29 is 48.0 Å². The van der Waals surface area contributed by atoms with Crippen LogP contribution in [0, 0.1) is 5.92 Å². The fourth-order valence-corrected chi connectivity index (χ4v) is 6.39. The van der Waals surface area contributed by atoms with Gasteiger partial charge in [-0.2, -0.15) is 26.3 Å². The third-order valence-electron chi connectivity index (χ3n) is 6.09. The number of carbonyl (C=O) groups is 1. The van der Waals surface area contributed by atoms with Crippen molar-refractivity contribution in [3.63, 3.8) is 0 Å². The fourth-order valence-electron chi connectivity index (χ4n) is 3.81. The van der Waals surface area contributed by atoms with Crippen LogP contribution in [0.25, 0.3) is 0 Å². The van der Waals surface area contributed by atoms with Crippen LogP contribution in [0.2, 0.25) is 0 Å². The van der Waals surface area contributed by atoms with Crippen molar-refractivity contribution in [2.45, 2.75) is 47.2 Å². The van der Waals surface area contributed by atoms with Crippen molar-refractivity contribution in [1.29, 1.82) is 0 Å². The molecule has 7 nitrogen and oxygen atoms in total. The van der Waals surface area contributed by atoms with Crippen LogP contribution >= 0.6 is 0 Å². The van der Waals surface area contributed by atoms with Gasteiger partial charge in [0.25, 0.3) is 0 Å². The molecule has 0 aliphatic carbocycles. The Labute approximate surface area is 203 Å². The molecule has 1 amide bonds. The second-order valence-electron chi connectivity index (χ2n) is 8.85. The van der Waals surface area contributed by atoms with E-state index in [1.807, 2.05) is 0 Å². The normalized spacial score (nSPS) is 18.1. The fraction of sp³-hybridized carbons (Fsp3) is 0.429. The van der Waals surface area contributed by atoms with Crippen molar-refractivity contribution in [1.82, 2.24) is 4.98 Å². The van der Waals surface area contributed by atoms with Gasteiger partial charge in [0.05, 0.1) is 20.8 Å². The van der Waals surface area contributed by atoms with Gasteiger partial charge in [-0.05, 0) is 38.1 Å². The number of pyridine rings is 1. The van der Waals surface area contributed by atoms with E-state index in [2.05, 4.69) is 4.98 Å². The van der Waals surface area contributed by atoms with E-state index in [-0.39, 0.29) is 0 Å². The summed E-state index contributed by atoms with van der Waals surface area (Å²) in [5, 5.41) is 0. The first-order valence-corrected chi connectivity index (χ1v) is 13.5. The van der Waals surface area contributed by atoms with Crippen molar-refractivity contribution >= 4 is 31.4 Å². The highest BCUT2D eigenvalue weighted by molar-refractivity contribution is 7.92. The zero-order valence-corrected chi connectivity index (χ0v) is 20.6. The second kappa shape index (κ2) is 8.71. The number of amides is 1. The number of sulfone groups is 2. The zero-order valence-electron chi connectivity index (χ0n) is 19.0. The van der Waals surface area contributed by atoms with Crippen LogP contribution in [0.5, 0.6) is 0 Å². The lowest BCUT2D eigenvalue weighted by atomic mass is 9.94. The van der Waals surface area contributed by atoms with Crippen LogP contribution in [0.1, 0.15) is 31.4 Å². The summed E-state index contributed by atoms with van der Waals surface area (Å²) >= 11 is 0. The van der Waals surface area contributed by atoms with E-state index in [1.54, 1.807) is 0 Å². The van der Waals surface area contributed by atoms with Crippen molar-refractivity contribution in [3.8, 4) is 0 Å². The highest BCUT2D eigenvalue weighted by Gasteiger charge is 2.49. The van der Waals surface area contributed by atoms with Gasteiger partial charge in [-0.3, -0.25) is 9.69 Å². The van der Waals surface area contributed by atoms with E-state index in [9.17, 15) is 48.0 Å². The Kier molecular flexibility index (Phi) is 6.75. The molecule has 1 aliphatic heterocycles. The third kappa shape index (κ3) is 5.08. The second-order valence-corrected chi connectivity index (χ2v) is 13.4. The molecular formula is C21H20F6N2O5S2. The Hall–Kier alpha value is -2.68. The predicted octanol–water partition coefficient (Wildman–Crippen LogP) is 4.13. The number of anilines is 1. The number of hydrogen-bond acceptors (Lipinski definition) is 6. The van der Waals surface area contributed by atoms with E-state index in [0.29, 0.717) is 30.7 Å². The van der Waals surface area contributed by atoms with Crippen LogP contribution < -0.4 is 4.90 Å². The minimum absolute atomic E-state index is 0.336. The quantitative estimate of drug-likeness (QED) is 0.512. The molecule has 15 heteroatoms. The molecule has 36 heavy (non-hydrogen) atoms. The summed E-state index contributed by atoms with van der Waals surface area (Å²) in [7, 11) is -8.77. The minimum Gasteiger partial charge on any atom is -0.295 e. The van der Waals surface area contributed by atoms with Crippen LogP contribution in [-0.2, 0) is 36.8 Å². The molecule has 198 valence electrons. The summed E-state index contributed by atoms with van der Waals surface area (Å²) in [6.07, 6.45) is -9.18. The summed E-state index contributed by atoms with van der Waals surface area (Å²) in [5.41, 5.74) is -2.54. The van der Waals surface area contributed by atoms with Crippen LogP contribution in [0.15, 0.2) is 46.3 Å². The molecule has 0 saturated carbocycles. The van der Waals surface area contributed by atoms with Gasteiger partial charge in [0.1, 0.15) is 4.90 Å². The number of carbonyl (C=O) groups excluding carboxylic acids is 1. The number of alkyl halides is 6. The number of nitrogens with zero attached hydrogens (tertiary/aromatic N) is 2. The lowest BCUT2D eigenvalue weighted by Crippen LogP contribution is -2.41. The Morgan fingerprint density at radius 1 is 0.944 bits per heavy atom. The van der Waals surface area contributed by atoms with Gasteiger partial charge in [-0.25, -0.2) is 21.8 Å². The van der Waals surface area contributed by atoms with Gasteiger partial charge in [0, 0.05) is 31.3 Å². The maximum atomic E-state index is 13.3. The topological polar surface area (TPSA) is 101 Å². The maximum Gasteiger partial charge on any atom is 0.417 e. The van der Waals surface area contributed by atoms with Crippen molar-refractivity contribution in [2.24, 2.45) is 5.92 Å². The van der Waals surface area contributed by atoms with Gasteiger partial charge >= 0.3 is 12.4 Å². The molecule has 0 bridgehead atoms. The van der Waals surface area contributed by atoms with Gasteiger partial charge in [-0.1, -0.05) is 6.07 Å². The molecule has 0 unspecified atom stereocenters. The lowest BCUT2D eigenvalue weighted by Gasteiger charge is -2.31. The molecule has 1 aliphatic rings. The molecule has 1 saturated heterocycles.